The molecule has 0 unspecified atom stereocenters. The Bertz CT molecular complexity index is 1390. The van der Waals surface area contributed by atoms with Gasteiger partial charge in [0.25, 0.3) is 0 Å². The molecule has 176 valence electrons. The first-order chi connectivity index (χ1) is 16.8. The van der Waals surface area contributed by atoms with Gasteiger partial charge in [-0.3, -0.25) is 4.79 Å². The molecule has 0 fully saturated rings. The second kappa shape index (κ2) is 7.99. The van der Waals surface area contributed by atoms with Gasteiger partial charge in [0.2, 0.25) is 6.23 Å². The molecule has 35 heavy (non-hydrogen) atoms. The molecule has 0 amide bonds. The molecule has 0 spiro atoms. The van der Waals surface area contributed by atoms with E-state index in [9.17, 15) is 9.59 Å². The van der Waals surface area contributed by atoms with Crippen molar-refractivity contribution in [2.45, 2.75) is 39.0 Å². The average molecular weight is 485 g/mol. The van der Waals surface area contributed by atoms with Crippen LogP contribution in [-0.4, -0.2) is 11.8 Å². The number of para-hydroxylation sites is 2. The topological polar surface area (TPSA) is 58.6 Å². The number of hydrogen-bond acceptors (Lipinski definition) is 5. The fourth-order valence-electron chi connectivity index (χ4n) is 5.58. The third kappa shape index (κ3) is 3.62. The zero-order valence-electron chi connectivity index (χ0n) is 19.5. The van der Waals surface area contributed by atoms with E-state index in [0.29, 0.717) is 22.6 Å². The molecule has 2 heterocycles. The zero-order valence-corrected chi connectivity index (χ0v) is 20.3. The number of cyclic esters (lactones) is 1. The van der Waals surface area contributed by atoms with Crippen LogP contribution in [0.15, 0.2) is 84.1 Å². The van der Waals surface area contributed by atoms with Gasteiger partial charge in [0.05, 0.1) is 23.0 Å². The highest BCUT2D eigenvalue weighted by Gasteiger charge is 2.46. The van der Waals surface area contributed by atoms with Crippen LogP contribution < -0.4 is 10.2 Å². The lowest BCUT2D eigenvalue weighted by molar-refractivity contribution is -0.118. The fraction of sp³-hybridized carbons (Fsp3) is 0.241. The first kappa shape index (κ1) is 21.9. The van der Waals surface area contributed by atoms with E-state index in [2.05, 4.69) is 24.1 Å². The monoisotopic (exact) mass is 484 g/mol. The Hall–Kier alpha value is -3.57. The van der Waals surface area contributed by atoms with E-state index in [0.717, 1.165) is 34.6 Å². The predicted octanol–water partition coefficient (Wildman–Crippen LogP) is 6.83. The fourth-order valence-corrected chi connectivity index (χ4v) is 5.70. The summed E-state index contributed by atoms with van der Waals surface area (Å²) in [5, 5.41) is 4.22. The molecule has 3 aliphatic rings. The molecule has 0 aromatic heterocycles. The molecule has 0 saturated heterocycles. The molecule has 0 saturated carbocycles. The van der Waals surface area contributed by atoms with E-state index >= 15 is 0 Å². The van der Waals surface area contributed by atoms with E-state index in [1.807, 2.05) is 66.7 Å². The maximum atomic E-state index is 13.8. The molecule has 5 nitrogen and oxygen atoms in total. The van der Waals surface area contributed by atoms with Gasteiger partial charge in [0.15, 0.2) is 5.78 Å². The van der Waals surface area contributed by atoms with Crippen LogP contribution in [-0.2, 0) is 9.53 Å². The SMILES string of the molecule is CC1(C)CC(=O)C2=C(C1)Nc1ccccc1N([C@H]1OC(=O)c3ccccc31)[C@@H]2c1ccc(Cl)cc1. The Kier molecular flexibility index (Phi) is 5.01. The van der Waals surface area contributed by atoms with Crippen molar-refractivity contribution < 1.29 is 14.3 Å². The van der Waals surface area contributed by atoms with E-state index in [4.69, 9.17) is 16.3 Å². The van der Waals surface area contributed by atoms with Crippen LogP contribution in [0.2, 0.25) is 5.02 Å². The number of Topliss-reactive ketones (excluding diaryl/α,β-unsaturated/α-hetero) is 1. The molecule has 3 aromatic carbocycles. The number of nitrogens with zero attached hydrogens (tertiary/aromatic N) is 1. The molecule has 2 atom stereocenters. The Balaban J connectivity index is 1.64. The Morgan fingerprint density at radius 2 is 1.66 bits per heavy atom. The third-order valence-corrected chi connectivity index (χ3v) is 7.30. The predicted molar refractivity (Wildman–Crippen MR) is 136 cm³/mol. The number of nitrogens with one attached hydrogen (secondary N) is 1. The molecule has 6 rings (SSSR count). The van der Waals surface area contributed by atoms with E-state index < -0.39 is 12.3 Å². The van der Waals surface area contributed by atoms with Gasteiger partial charge in [0, 0.05) is 28.3 Å². The number of ether oxygens (including phenoxy) is 1. The maximum absolute atomic E-state index is 13.8. The summed E-state index contributed by atoms with van der Waals surface area (Å²) in [5.74, 6) is -0.264. The summed E-state index contributed by atoms with van der Waals surface area (Å²) < 4.78 is 6.01. The standard InChI is InChI=1S/C29H25ClN2O3/c1-29(2)15-22-25(24(33)16-29)26(17-11-13-18(30)14-12-17)32(23-10-6-5-9-21(23)31-22)27-19-7-3-4-8-20(19)28(34)35-27/h3-14,26-27,31H,15-16H2,1-2H3/t26-,27+/m1/s1. The van der Waals surface area contributed by atoms with Crippen LogP contribution in [0.5, 0.6) is 0 Å². The molecule has 0 bridgehead atoms. The van der Waals surface area contributed by atoms with Gasteiger partial charge in [-0.2, -0.15) is 0 Å². The van der Waals surface area contributed by atoms with Gasteiger partial charge in [-0.15, -0.1) is 0 Å². The lowest BCUT2D eigenvalue weighted by Crippen LogP contribution is -2.38. The second-order valence-electron chi connectivity index (χ2n) is 10.2. The molecule has 3 aromatic rings. The minimum Gasteiger partial charge on any atom is -0.433 e. The molecular formula is C29H25ClN2O3. The van der Waals surface area contributed by atoms with Crippen LogP contribution in [0.1, 0.15) is 60.4 Å². The smallest absolute Gasteiger partial charge is 0.340 e. The van der Waals surface area contributed by atoms with E-state index in [-0.39, 0.29) is 17.2 Å². The van der Waals surface area contributed by atoms with Crippen molar-refractivity contribution in [1.29, 1.82) is 0 Å². The minimum absolute atomic E-state index is 0.0964. The number of anilines is 2. The van der Waals surface area contributed by atoms with Crippen molar-refractivity contribution >= 4 is 34.7 Å². The van der Waals surface area contributed by atoms with Crippen molar-refractivity contribution in [3.63, 3.8) is 0 Å². The number of allylic oxidation sites excluding steroid dienone is 1. The number of carbonyl (C=O) groups is 2. The molecule has 1 aliphatic carbocycles. The molecule has 1 N–H and O–H groups in total. The lowest BCUT2D eigenvalue weighted by Gasteiger charge is -2.40. The average Bonchev–Trinajstić information content (AvgIpc) is 3.07. The summed E-state index contributed by atoms with van der Waals surface area (Å²) in [4.78, 5) is 28.8. The van der Waals surface area contributed by atoms with Gasteiger partial charge < -0.3 is 15.0 Å². The number of rotatable bonds is 2. The number of fused-ring (bicyclic) bond motifs is 2. The quantitative estimate of drug-likeness (QED) is 0.404. The number of ketones is 1. The molecule has 2 aliphatic heterocycles. The van der Waals surface area contributed by atoms with Gasteiger partial charge >= 0.3 is 5.97 Å². The Morgan fingerprint density at radius 1 is 0.943 bits per heavy atom. The summed E-state index contributed by atoms with van der Waals surface area (Å²) in [6.07, 6.45) is 0.501. The zero-order chi connectivity index (χ0) is 24.3. The number of carbonyl (C=O) groups excluding carboxylic acids is 2. The molecule has 0 radical (unpaired) electrons. The normalized spacial score (nSPS) is 22.5. The maximum Gasteiger partial charge on any atom is 0.340 e. The van der Waals surface area contributed by atoms with Gasteiger partial charge in [0.1, 0.15) is 0 Å². The first-order valence-electron chi connectivity index (χ1n) is 11.8. The van der Waals surface area contributed by atoms with Crippen molar-refractivity contribution in [1.82, 2.24) is 0 Å². The third-order valence-electron chi connectivity index (χ3n) is 7.04. The van der Waals surface area contributed by atoms with Crippen molar-refractivity contribution in [3.05, 3.63) is 106 Å². The first-order valence-corrected chi connectivity index (χ1v) is 12.2. The van der Waals surface area contributed by atoms with E-state index in [1.54, 1.807) is 6.07 Å². The van der Waals surface area contributed by atoms with Crippen molar-refractivity contribution in [2.24, 2.45) is 5.41 Å². The van der Waals surface area contributed by atoms with Gasteiger partial charge in [-0.25, -0.2) is 4.79 Å². The van der Waals surface area contributed by atoms with Gasteiger partial charge in [-0.05, 0) is 47.7 Å². The number of halogens is 1. The van der Waals surface area contributed by atoms with Crippen molar-refractivity contribution in [2.75, 3.05) is 10.2 Å². The number of hydrogen-bond donors (Lipinski definition) is 1. The van der Waals surface area contributed by atoms with Gasteiger partial charge in [-0.1, -0.05) is 67.9 Å². The summed E-state index contributed by atoms with van der Waals surface area (Å²) in [6, 6.07) is 22.5. The molecule has 6 heteroatoms. The Labute approximate surface area is 209 Å². The largest absolute Gasteiger partial charge is 0.433 e. The minimum atomic E-state index is -0.683. The number of esters is 1. The summed E-state index contributed by atoms with van der Waals surface area (Å²) in [5.41, 5.74) is 5.45. The van der Waals surface area contributed by atoms with Crippen molar-refractivity contribution in [3.8, 4) is 0 Å². The highest BCUT2D eigenvalue weighted by molar-refractivity contribution is 6.30. The van der Waals surface area contributed by atoms with Crippen LogP contribution in [0.25, 0.3) is 0 Å². The second-order valence-corrected chi connectivity index (χ2v) is 10.6. The number of benzene rings is 3. The Morgan fingerprint density at radius 3 is 2.46 bits per heavy atom. The summed E-state index contributed by atoms with van der Waals surface area (Å²) in [6.45, 7) is 4.24. The highest BCUT2D eigenvalue weighted by atomic mass is 35.5. The van der Waals surface area contributed by atoms with E-state index in [1.165, 1.54) is 0 Å². The van der Waals surface area contributed by atoms with Crippen LogP contribution in [0.3, 0.4) is 0 Å². The van der Waals surface area contributed by atoms with Crippen LogP contribution in [0, 0.1) is 5.41 Å². The lowest BCUT2D eigenvalue weighted by atomic mass is 9.73. The molecular weight excluding hydrogens is 460 g/mol. The summed E-state index contributed by atoms with van der Waals surface area (Å²) >= 11 is 6.24. The summed E-state index contributed by atoms with van der Waals surface area (Å²) in [7, 11) is 0. The van der Waals surface area contributed by atoms with Crippen LogP contribution in [0.4, 0.5) is 11.4 Å². The van der Waals surface area contributed by atoms with Crippen LogP contribution >= 0.6 is 11.6 Å². The highest BCUT2D eigenvalue weighted by Crippen LogP contribution is 2.52.